The van der Waals surface area contributed by atoms with Crippen LogP contribution in [-0.4, -0.2) is 20.8 Å². The molecule has 0 amide bonds. The molecule has 5 heteroatoms. The Kier molecular flexibility index (Phi) is 4.30. The monoisotopic (exact) mass is 296 g/mol. The number of rotatable bonds is 4. The molecule has 0 heterocycles. The number of ketones is 1. The van der Waals surface area contributed by atoms with Gasteiger partial charge in [-0.25, -0.2) is 0 Å². The summed E-state index contributed by atoms with van der Waals surface area (Å²) in [7, 11) is -3.79. The van der Waals surface area contributed by atoms with Gasteiger partial charge in [-0.3, -0.25) is 8.98 Å². The maximum absolute atomic E-state index is 12.1. The highest BCUT2D eigenvalue weighted by Gasteiger charge is 2.37. The van der Waals surface area contributed by atoms with E-state index in [1.54, 1.807) is 19.1 Å². The Bertz CT molecular complexity index is 589. The molecule has 2 rings (SSSR count). The average Bonchev–Trinajstić information content (AvgIpc) is 2.41. The number of aryl methyl sites for hydroxylation is 1. The van der Waals surface area contributed by atoms with Crippen LogP contribution in [0.3, 0.4) is 0 Å². The van der Waals surface area contributed by atoms with Crippen LogP contribution in [-0.2, 0) is 19.1 Å². The number of hydrogen-bond donors (Lipinski definition) is 0. The Hall–Kier alpha value is -1.20. The summed E-state index contributed by atoms with van der Waals surface area (Å²) >= 11 is 0. The van der Waals surface area contributed by atoms with E-state index >= 15 is 0 Å². The van der Waals surface area contributed by atoms with Gasteiger partial charge in [0, 0.05) is 6.42 Å². The largest absolute Gasteiger partial charge is 0.299 e. The van der Waals surface area contributed by atoms with Gasteiger partial charge in [-0.15, -0.1) is 0 Å². The molecule has 0 N–H and O–H groups in total. The molecule has 20 heavy (non-hydrogen) atoms. The highest BCUT2D eigenvalue weighted by Crippen LogP contribution is 2.33. The topological polar surface area (TPSA) is 60.4 Å². The third kappa shape index (κ3) is 3.27. The van der Waals surface area contributed by atoms with Gasteiger partial charge >= 0.3 is 0 Å². The predicted molar refractivity (Wildman–Crippen MR) is 75.9 cm³/mol. The van der Waals surface area contributed by atoms with E-state index in [2.05, 4.69) is 0 Å². The van der Waals surface area contributed by atoms with Gasteiger partial charge in [0.2, 0.25) is 0 Å². The van der Waals surface area contributed by atoms with Crippen molar-refractivity contribution < 1.29 is 17.4 Å². The van der Waals surface area contributed by atoms with Crippen LogP contribution < -0.4 is 0 Å². The quantitative estimate of drug-likeness (QED) is 0.802. The van der Waals surface area contributed by atoms with Gasteiger partial charge in [0.25, 0.3) is 10.1 Å². The maximum Gasteiger partial charge on any atom is 0.297 e. The van der Waals surface area contributed by atoms with Gasteiger partial charge in [-0.05, 0) is 31.9 Å². The van der Waals surface area contributed by atoms with Crippen LogP contribution in [0.4, 0.5) is 0 Å². The number of hydrogen-bond acceptors (Lipinski definition) is 4. The maximum atomic E-state index is 12.1. The van der Waals surface area contributed by atoms with E-state index in [0.717, 1.165) is 18.4 Å². The number of carbonyl (C=O) groups is 1. The van der Waals surface area contributed by atoms with Crippen molar-refractivity contribution in [2.75, 3.05) is 6.61 Å². The second-order valence-corrected chi connectivity index (χ2v) is 7.34. The molecule has 0 spiro atoms. The molecular formula is C15H20O4S. The van der Waals surface area contributed by atoms with E-state index in [1.807, 2.05) is 6.92 Å². The summed E-state index contributed by atoms with van der Waals surface area (Å²) in [4.78, 5) is 12.1. The fourth-order valence-electron chi connectivity index (χ4n) is 2.38. The van der Waals surface area contributed by atoms with E-state index in [4.69, 9.17) is 4.18 Å². The highest BCUT2D eigenvalue weighted by molar-refractivity contribution is 7.86. The summed E-state index contributed by atoms with van der Waals surface area (Å²) in [6.45, 7) is 3.61. The zero-order valence-electron chi connectivity index (χ0n) is 11.9. The van der Waals surface area contributed by atoms with Gasteiger partial charge in [-0.2, -0.15) is 8.42 Å². The molecule has 1 aliphatic carbocycles. The molecule has 1 aromatic rings. The van der Waals surface area contributed by atoms with Gasteiger partial charge in [0.15, 0.2) is 0 Å². The lowest BCUT2D eigenvalue weighted by molar-refractivity contribution is -0.132. The third-order valence-corrected chi connectivity index (χ3v) is 5.18. The van der Waals surface area contributed by atoms with Gasteiger partial charge < -0.3 is 0 Å². The first kappa shape index (κ1) is 15.2. The summed E-state index contributed by atoms with van der Waals surface area (Å²) in [6.07, 6.45) is 3.04. The van der Waals surface area contributed by atoms with Crippen molar-refractivity contribution in [2.24, 2.45) is 5.41 Å². The standard InChI is InChI=1S/C15H20O4S/c1-12-6-8-13(9-7-12)20(17,18)19-11-15(2)10-4-3-5-14(15)16/h6-9H,3-5,10-11H2,1-2H3. The Labute approximate surface area is 120 Å². The molecule has 0 aliphatic heterocycles. The van der Waals surface area contributed by atoms with Crippen LogP contribution in [0.5, 0.6) is 0 Å². The minimum absolute atomic E-state index is 0.0674. The predicted octanol–water partition coefficient (Wildman–Crippen LogP) is 2.85. The minimum Gasteiger partial charge on any atom is -0.299 e. The van der Waals surface area contributed by atoms with Gasteiger partial charge in [0.1, 0.15) is 5.78 Å². The van der Waals surface area contributed by atoms with Crippen molar-refractivity contribution in [1.82, 2.24) is 0 Å². The molecule has 1 unspecified atom stereocenters. The Morgan fingerprint density at radius 2 is 1.85 bits per heavy atom. The van der Waals surface area contributed by atoms with Gasteiger partial charge in [0.05, 0.1) is 16.9 Å². The van der Waals surface area contributed by atoms with Crippen LogP contribution in [0.1, 0.15) is 38.2 Å². The lowest BCUT2D eigenvalue weighted by atomic mass is 9.75. The van der Waals surface area contributed by atoms with Crippen molar-refractivity contribution in [2.45, 2.75) is 44.4 Å². The normalized spacial score (nSPS) is 23.8. The van der Waals surface area contributed by atoms with E-state index in [-0.39, 0.29) is 17.3 Å². The van der Waals surface area contributed by atoms with Crippen molar-refractivity contribution in [1.29, 1.82) is 0 Å². The van der Waals surface area contributed by atoms with Crippen molar-refractivity contribution in [3.63, 3.8) is 0 Å². The average molecular weight is 296 g/mol. The molecule has 1 saturated carbocycles. The highest BCUT2D eigenvalue weighted by atomic mass is 32.2. The molecule has 1 aromatic carbocycles. The SMILES string of the molecule is Cc1ccc(S(=O)(=O)OCC2(C)CCCCC2=O)cc1. The smallest absolute Gasteiger partial charge is 0.297 e. The van der Waals surface area contributed by atoms with Crippen molar-refractivity contribution in [3.05, 3.63) is 29.8 Å². The molecule has 4 nitrogen and oxygen atoms in total. The fraction of sp³-hybridized carbons (Fsp3) is 0.533. The van der Waals surface area contributed by atoms with Gasteiger partial charge in [-0.1, -0.05) is 31.0 Å². The Morgan fingerprint density at radius 3 is 2.45 bits per heavy atom. The summed E-state index contributed by atoms with van der Waals surface area (Å²) in [5, 5.41) is 0. The summed E-state index contributed by atoms with van der Waals surface area (Å²) in [6, 6.07) is 6.50. The van der Waals surface area contributed by atoms with E-state index in [9.17, 15) is 13.2 Å². The lowest BCUT2D eigenvalue weighted by Gasteiger charge is -2.31. The first-order valence-electron chi connectivity index (χ1n) is 6.83. The number of Topliss-reactive ketones (excluding diaryl/α,β-unsaturated/α-hetero) is 1. The molecule has 0 radical (unpaired) electrons. The summed E-state index contributed by atoms with van der Waals surface area (Å²) in [5.41, 5.74) is 0.314. The molecule has 110 valence electrons. The van der Waals surface area contributed by atoms with Crippen LogP contribution in [0.2, 0.25) is 0 Å². The second kappa shape index (κ2) is 5.66. The van der Waals surface area contributed by atoms with Crippen LogP contribution in [0, 0.1) is 12.3 Å². The summed E-state index contributed by atoms with van der Waals surface area (Å²) in [5.74, 6) is 0.0999. The fourth-order valence-corrected chi connectivity index (χ4v) is 3.40. The van der Waals surface area contributed by atoms with Crippen LogP contribution in [0.25, 0.3) is 0 Å². The first-order valence-corrected chi connectivity index (χ1v) is 8.24. The molecule has 0 aromatic heterocycles. The van der Waals surface area contributed by atoms with Crippen LogP contribution in [0.15, 0.2) is 29.2 Å². The lowest BCUT2D eigenvalue weighted by Crippen LogP contribution is -2.36. The zero-order chi connectivity index (χ0) is 14.8. The van der Waals surface area contributed by atoms with E-state index in [0.29, 0.717) is 12.8 Å². The minimum atomic E-state index is -3.79. The molecule has 0 bridgehead atoms. The van der Waals surface area contributed by atoms with Crippen molar-refractivity contribution in [3.8, 4) is 0 Å². The Balaban J connectivity index is 2.09. The first-order chi connectivity index (χ1) is 9.33. The molecule has 1 atom stereocenters. The number of benzene rings is 1. The van der Waals surface area contributed by atoms with E-state index < -0.39 is 15.5 Å². The zero-order valence-corrected chi connectivity index (χ0v) is 12.7. The number of carbonyl (C=O) groups excluding carboxylic acids is 1. The molecule has 1 fully saturated rings. The molecule has 0 saturated heterocycles. The molecule has 1 aliphatic rings. The van der Waals surface area contributed by atoms with Crippen molar-refractivity contribution >= 4 is 15.9 Å². The second-order valence-electron chi connectivity index (χ2n) is 5.72. The summed E-state index contributed by atoms with van der Waals surface area (Å²) < 4.78 is 29.3. The molecular weight excluding hydrogens is 276 g/mol. The Morgan fingerprint density at radius 1 is 1.20 bits per heavy atom. The third-order valence-electron chi connectivity index (χ3n) is 3.90. The van der Waals surface area contributed by atoms with E-state index in [1.165, 1.54) is 12.1 Å². The van der Waals surface area contributed by atoms with Crippen LogP contribution >= 0.6 is 0 Å².